The summed E-state index contributed by atoms with van der Waals surface area (Å²) in [6.07, 6.45) is 3.71. The van der Waals surface area contributed by atoms with Crippen molar-refractivity contribution in [3.63, 3.8) is 0 Å². The van der Waals surface area contributed by atoms with E-state index in [4.69, 9.17) is 0 Å². The van der Waals surface area contributed by atoms with Crippen LogP contribution < -0.4 is 10.6 Å². The molecule has 2 rings (SSSR count). The standard InChI is InChI=1S/C13H22N6O2/c1-4-14-13-16-8-11(19(20)21)12(17-13)15-7-9(2)18(3)10-5-6-10/h8-10H,4-7H2,1-3H3,(H2,14,15,16,17). The summed E-state index contributed by atoms with van der Waals surface area (Å²) in [6.45, 7) is 5.29. The highest BCUT2D eigenvalue weighted by molar-refractivity contribution is 5.57. The largest absolute Gasteiger partial charge is 0.363 e. The lowest BCUT2D eigenvalue weighted by Gasteiger charge is -2.24. The highest BCUT2D eigenvalue weighted by Gasteiger charge is 2.29. The molecule has 1 aliphatic carbocycles. The van der Waals surface area contributed by atoms with Crippen LogP contribution in [0.2, 0.25) is 0 Å². The van der Waals surface area contributed by atoms with Crippen molar-refractivity contribution in [2.45, 2.75) is 38.8 Å². The van der Waals surface area contributed by atoms with Crippen LogP contribution in [0.1, 0.15) is 26.7 Å². The molecule has 1 aromatic heterocycles. The van der Waals surface area contributed by atoms with Gasteiger partial charge in [-0.1, -0.05) is 0 Å². The van der Waals surface area contributed by atoms with Gasteiger partial charge in [-0.3, -0.25) is 15.0 Å². The summed E-state index contributed by atoms with van der Waals surface area (Å²) >= 11 is 0. The second kappa shape index (κ2) is 6.66. The molecule has 1 heterocycles. The molecule has 0 aliphatic heterocycles. The fraction of sp³-hybridized carbons (Fsp3) is 0.692. The number of aromatic nitrogens is 2. The molecule has 2 N–H and O–H groups in total. The fourth-order valence-corrected chi connectivity index (χ4v) is 2.11. The Kier molecular flexibility index (Phi) is 4.89. The van der Waals surface area contributed by atoms with Gasteiger partial charge in [0.05, 0.1) is 4.92 Å². The molecule has 1 unspecified atom stereocenters. The average molecular weight is 294 g/mol. The maximum atomic E-state index is 11.0. The fourth-order valence-electron chi connectivity index (χ4n) is 2.11. The van der Waals surface area contributed by atoms with E-state index in [9.17, 15) is 10.1 Å². The van der Waals surface area contributed by atoms with Crippen molar-refractivity contribution in [2.24, 2.45) is 0 Å². The lowest BCUT2D eigenvalue weighted by atomic mass is 10.3. The Bertz CT molecular complexity index is 505. The number of likely N-dealkylation sites (N-methyl/N-ethyl adjacent to an activating group) is 1. The number of hydrogen-bond acceptors (Lipinski definition) is 7. The van der Waals surface area contributed by atoms with E-state index in [2.05, 4.69) is 39.5 Å². The number of nitro groups is 1. The lowest BCUT2D eigenvalue weighted by Crippen LogP contribution is -2.36. The van der Waals surface area contributed by atoms with Crippen LogP contribution in [0.5, 0.6) is 0 Å². The zero-order valence-electron chi connectivity index (χ0n) is 12.7. The predicted molar refractivity (Wildman–Crippen MR) is 81.6 cm³/mol. The third kappa shape index (κ3) is 4.01. The van der Waals surface area contributed by atoms with Crippen LogP contribution in [0.25, 0.3) is 0 Å². The molecule has 1 aliphatic rings. The molecule has 1 atom stereocenters. The molecule has 8 heteroatoms. The first kappa shape index (κ1) is 15.4. The van der Waals surface area contributed by atoms with Crippen LogP contribution in [0.4, 0.5) is 17.5 Å². The summed E-state index contributed by atoms with van der Waals surface area (Å²) in [5, 5.41) is 17.1. The summed E-state index contributed by atoms with van der Waals surface area (Å²) in [5.74, 6) is 0.663. The van der Waals surface area contributed by atoms with Gasteiger partial charge < -0.3 is 10.6 Å². The molecular formula is C13H22N6O2. The monoisotopic (exact) mass is 294 g/mol. The topological polar surface area (TPSA) is 96.2 Å². The number of hydrogen-bond donors (Lipinski definition) is 2. The Labute approximate surface area is 124 Å². The third-order valence-electron chi connectivity index (χ3n) is 3.68. The van der Waals surface area contributed by atoms with Gasteiger partial charge in [-0.15, -0.1) is 0 Å². The van der Waals surface area contributed by atoms with Crippen molar-refractivity contribution in [3.8, 4) is 0 Å². The molecule has 21 heavy (non-hydrogen) atoms. The van der Waals surface area contributed by atoms with E-state index >= 15 is 0 Å². The van der Waals surface area contributed by atoms with E-state index in [1.54, 1.807) is 0 Å². The molecule has 0 spiro atoms. The minimum Gasteiger partial charge on any atom is -0.363 e. The van der Waals surface area contributed by atoms with Gasteiger partial charge in [0.15, 0.2) is 0 Å². The lowest BCUT2D eigenvalue weighted by molar-refractivity contribution is -0.384. The number of rotatable bonds is 8. The van der Waals surface area contributed by atoms with Gasteiger partial charge >= 0.3 is 5.69 Å². The number of nitrogens with one attached hydrogen (secondary N) is 2. The summed E-state index contributed by atoms with van der Waals surface area (Å²) in [7, 11) is 2.09. The molecule has 116 valence electrons. The Morgan fingerprint density at radius 2 is 2.24 bits per heavy atom. The minimum atomic E-state index is -0.465. The van der Waals surface area contributed by atoms with E-state index < -0.39 is 4.92 Å². The SMILES string of the molecule is CCNc1ncc([N+](=O)[O-])c(NCC(C)N(C)C2CC2)n1. The molecule has 0 aromatic carbocycles. The van der Waals surface area contributed by atoms with Crippen LogP contribution >= 0.6 is 0 Å². The molecule has 1 fully saturated rings. The van der Waals surface area contributed by atoms with Crippen molar-refractivity contribution in [1.29, 1.82) is 0 Å². The number of nitrogens with zero attached hydrogens (tertiary/aromatic N) is 4. The van der Waals surface area contributed by atoms with Gasteiger partial charge in [-0.25, -0.2) is 4.98 Å². The zero-order valence-corrected chi connectivity index (χ0v) is 12.7. The van der Waals surface area contributed by atoms with Gasteiger partial charge in [0.1, 0.15) is 6.20 Å². The summed E-state index contributed by atoms with van der Waals surface area (Å²) in [6, 6.07) is 0.939. The van der Waals surface area contributed by atoms with Crippen molar-refractivity contribution in [2.75, 3.05) is 30.8 Å². The van der Waals surface area contributed by atoms with E-state index in [1.807, 2.05) is 6.92 Å². The molecule has 0 amide bonds. The Balaban J connectivity index is 2.05. The first-order chi connectivity index (χ1) is 10.0. The smallest absolute Gasteiger partial charge is 0.329 e. The summed E-state index contributed by atoms with van der Waals surface area (Å²) in [4.78, 5) is 21.0. The number of anilines is 2. The highest BCUT2D eigenvalue weighted by atomic mass is 16.6. The molecule has 1 saturated carbocycles. The van der Waals surface area contributed by atoms with Gasteiger partial charge in [0, 0.05) is 25.2 Å². The Hall–Kier alpha value is -1.96. The quantitative estimate of drug-likeness (QED) is 0.556. The molecule has 0 bridgehead atoms. The van der Waals surface area contributed by atoms with E-state index in [0.29, 0.717) is 25.1 Å². The molecule has 0 radical (unpaired) electrons. The summed E-state index contributed by atoms with van der Waals surface area (Å²) < 4.78 is 0. The Morgan fingerprint density at radius 1 is 1.52 bits per heavy atom. The van der Waals surface area contributed by atoms with Crippen LogP contribution in [0.15, 0.2) is 6.20 Å². The molecule has 0 saturated heterocycles. The van der Waals surface area contributed by atoms with Crippen LogP contribution in [0.3, 0.4) is 0 Å². The van der Waals surface area contributed by atoms with Crippen LogP contribution in [0, 0.1) is 10.1 Å². The third-order valence-corrected chi connectivity index (χ3v) is 3.68. The van der Waals surface area contributed by atoms with Crippen molar-refractivity contribution >= 4 is 17.5 Å². The van der Waals surface area contributed by atoms with Crippen LogP contribution in [-0.2, 0) is 0 Å². The maximum Gasteiger partial charge on any atom is 0.329 e. The van der Waals surface area contributed by atoms with E-state index in [1.165, 1.54) is 19.0 Å². The van der Waals surface area contributed by atoms with Crippen molar-refractivity contribution in [3.05, 3.63) is 16.3 Å². The van der Waals surface area contributed by atoms with Crippen molar-refractivity contribution in [1.82, 2.24) is 14.9 Å². The van der Waals surface area contributed by atoms with Crippen molar-refractivity contribution < 1.29 is 4.92 Å². The Morgan fingerprint density at radius 3 is 2.81 bits per heavy atom. The van der Waals surface area contributed by atoms with Gasteiger partial charge in [0.25, 0.3) is 0 Å². The van der Waals surface area contributed by atoms with E-state index in [0.717, 1.165) is 0 Å². The van der Waals surface area contributed by atoms with Gasteiger partial charge in [0.2, 0.25) is 11.8 Å². The summed E-state index contributed by atoms with van der Waals surface area (Å²) in [5.41, 5.74) is -0.0991. The second-order valence-corrected chi connectivity index (χ2v) is 5.34. The first-order valence-corrected chi connectivity index (χ1v) is 7.24. The minimum absolute atomic E-state index is 0.0991. The second-order valence-electron chi connectivity index (χ2n) is 5.34. The van der Waals surface area contributed by atoms with E-state index in [-0.39, 0.29) is 17.5 Å². The van der Waals surface area contributed by atoms with Gasteiger partial charge in [-0.05, 0) is 33.7 Å². The van der Waals surface area contributed by atoms with Gasteiger partial charge in [-0.2, -0.15) is 4.98 Å². The predicted octanol–water partition coefficient (Wildman–Crippen LogP) is 1.71. The normalized spacial score (nSPS) is 15.8. The molecule has 8 nitrogen and oxygen atoms in total. The zero-order chi connectivity index (χ0) is 15.4. The molecule has 1 aromatic rings. The van der Waals surface area contributed by atoms with Crippen LogP contribution in [-0.4, -0.2) is 52.0 Å². The highest BCUT2D eigenvalue weighted by Crippen LogP contribution is 2.27. The maximum absolute atomic E-state index is 11.0. The molecular weight excluding hydrogens is 272 g/mol. The first-order valence-electron chi connectivity index (χ1n) is 7.24. The average Bonchev–Trinajstić information content (AvgIpc) is 3.28.